The molecule has 0 spiro atoms. The summed E-state index contributed by atoms with van der Waals surface area (Å²) in [5.74, 6) is 2.36. The van der Waals surface area contributed by atoms with Crippen molar-refractivity contribution in [2.75, 3.05) is 5.32 Å². The maximum Gasteiger partial charge on any atom is 0.335 e. The van der Waals surface area contributed by atoms with Crippen LogP contribution < -0.4 is 5.32 Å². The number of aliphatic imine (C=N–C) groups is 1. The zero-order valence-electron chi connectivity index (χ0n) is 15.7. The van der Waals surface area contributed by atoms with Gasteiger partial charge in [-0.2, -0.15) is 0 Å². The Morgan fingerprint density at radius 3 is 2.39 bits per heavy atom. The number of carboxylic acids is 1. The van der Waals surface area contributed by atoms with E-state index in [9.17, 15) is 9.90 Å². The molecule has 28 heavy (non-hydrogen) atoms. The number of benzene rings is 1. The van der Waals surface area contributed by atoms with Crippen molar-refractivity contribution in [1.29, 1.82) is 0 Å². The van der Waals surface area contributed by atoms with E-state index in [4.69, 9.17) is 0 Å². The van der Waals surface area contributed by atoms with E-state index < -0.39 is 5.97 Å². The van der Waals surface area contributed by atoms with Crippen LogP contribution in [-0.4, -0.2) is 33.3 Å². The first-order valence-electron chi connectivity index (χ1n) is 10.1. The van der Waals surface area contributed by atoms with Gasteiger partial charge < -0.3 is 10.4 Å². The molecule has 0 saturated heterocycles. The molecule has 4 aliphatic carbocycles. The molecule has 2 N–H and O–H groups in total. The summed E-state index contributed by atoms with van der Waals surface area (Å²) in [4.78, 5) is 24.0. The van der Waals surface area contributed by atoms with Gasteiger partial charge in [0, 0.05) is 30.2 Å². The van der Waals surface area contributed by atoms with Gasteiger partial charge in [0.1, 0.15) is 6.33 Å². The molecule has 0 aliphatic heterocycles. The summed E-state index contributed by atoms with van der Waals surface area (Å²) in [7, 11) is 0. The molecule has 0 radical (unpaired) electrons. The monoisotopic (exact) mass is 376 g/mol. The molecular formula is C22H24N4O2. The number of hydrogen-bond acceptors (Lipinski definition) is 5. The summed E-state index contributed by atoms with van der Waals surface area (Å²) >= 11 is 0. The third kappa shape index (κ3) is 3.28. The number of nitrogens with zero attached hydrogens (tertiary/aromatic N) is 3. The number of hydrogen-bond donors (Lipinski definition) is 2. The van der Waals surface area contributed by atoms with Crippen molar-refractivity contribution < 1.29 is 9.90 Å². The van der Waals surface area contributed by atoms with E-state index in [1.165, 1.54) is 38.4 Å². The number of aromatic nitrogens is 2. The predicted octanol–water partition coefficient (Wildman–Crippen LogP) is 4.16. The van der Waals surface area contributed by atoms with Gasteiger partial charge in [0.05, 0.1) is 16.9 Å². The summed E-state index contributed by atoms with van der Waals surface area (Å²) in [6.07, 6.45) is 13.3. The van der Waals surface area contributed by atoms with Crippen molar-refractivity contribution in [1.82, 2.24) is 9.97 Å². The molecule has 4 bridgehead atoms. The fourth-order valence-electron chi connectivity index (χ4n) is 5.76. The molecule has 4 fully saturated rings. The first-order chi connectivity index (χ1) is 13.7. The minimum absolute atomic E-state index is 0.243. The fourth-order valence-corrected chi connectivity index (χ4v) is 5.76. The van der Waals surface area contributed by atoms with E-state index >= 15 is 0 Å². The van der Waals surface area contributed by atoms with Gasteiger partial charge in [0.15, 0.2) is 0 Å². The van der Waals surface area contributed by atoms with Crippen LogP contribution in [0.2, 0.25) is 0 Å². The van der Waals surface area contributed by atoms with Gasteiger partial charge in [0.2, 0.25) is 0 Å². The first-order valence-corrected chi connectivity index (χ1v) is 10.1. The molecule has 6 heteroatoms. The molecule has 0 amide bonds. The third-order valence-corrected chi connectivity index (χ3v) is 6.73. The molecule has 0 atom stereocenters. The summed E-state index contributed by atoms with van der Waals surface area (Å²) in [5.41, 5.74) is 2.59. The van der Waals surface area contributed by atoms with Crippen LogP contribution >= 0.6 is 0 Å². The summed E-state index contributed by atoms with van der Waals surface area (Å²) in [6.45, 7) is 0. The van der Waals surface area contributed by atoms with E-state index in [0.29, 0.717) is 11.7 Å². The van der Waals surface area contributed by atoms with Crippen molar-refractivity contribution >= 4 is 23.6 Å². The van der Waals surface area contributed by atoms with E-state index in [1.54, 1.807) is 30.7 Å². The van der Waals surface area contributed by atoms with Crippen LogP contribution in [0.15, 0.2) is 41.9 Å². The van der Waals surface area contributed by atoms with Crippen LogP contribution in [0.5, 0.6) is 0 Å². The fraction of sp³-hybridized carbons (Fsp3) is 0.455. The lowest BCUT2D eigenvalue weighted by Crippen LogP contribution is -2.51. The maximum atomic E-state index is 11.4. The normalized spacial score (nSPS) is 30.6. The van der Waals surface area contributed by atoms with E-state index in [1.807, 2.05) is 6.07 Å². The SMILES string of the molecule is O=C(O)c1ccc(NC2C3CC4CC(C3)CC2C4)c(N=Cc2cncnc2)c1. The van der Waals surface area contributed by atoms with Crippen LogP contribution in [-0.2, 0) is 0 Å². The second-order valence-corrected chi connectivity index (χ2v) is 8.57. The summed E-state index contributed by atoms with van der Waals surface area (Å²) in [5, 5.41) is 13.1. The van der Waals surface area contributed by atoms with Crippen LogP contribution in [0.1, 0.15) is 48.0 Å². The molecule has 6 rings (SSSR count). The second kappa shape index (κ2) is 7.00. The molecule has 2 aromatic rings. The lowest BCUT2D eigenvalue weighted by atomic mass is 9.54. The number of aromatic carboxylic acids is 1. The number of rotatable bonds is 5. The molecular weight excluding hydrogens is 352 g/mol. The Labute approximate surface area is 164 Å². The largest absolute Gasteiger partial charge is 0.478 e. The molecule has 6 nitrogen and oxygen atoms in total. The number of anilines is 1. The molecule has 4 aliphatic rings. The zero-order valence-corrected chi connectivity index (χ0v) is 15.7. The van der Waals surface area contributed by atoms with Gasteiger partial charge in [0.25, 0.3) is 0 Å². The average molecular weight is 376 g/mol. The Morgan fingerprint density at radius 2 is 1.75 bits per heavy atom. The van der Waals surface area contributed by atoms with Gasteiger partial charge in [-0.05, 0) is 74.0 Å². The minimum atomic E-state index is -0.944. The highest BCUT2D eigenvalue weighted by atomic mass is 16.4. The van der Waals surface area contributed by atoms with Crippen LogP contribution in [0, 0.1) is 23.7 Å². The summed E-state index contributed by atoms with van der Waals surface area (Å²) < 4.78 is 0. The van der Waals surface area contributed by atoms with Crippen LogP contribution in [0.4, 0.5) is 11.4 Å². The molecule has 144 valence electrons. The highest BCUT2D eigenvalue weighted by molar-refractivity contribution is 5.91. The molecule has 1 aromatic heterocycles. The second-order valence-electron chi connectivity index (χ2n) is 8.57. The Balaban J connectivity index is 1.43. The van der Waals surface area contributed by atoms with Gasteiger partial charge in [-0.15, -0.1) is 0 Å². The Morgan fingerprint density at radius 1 is 1.07 bits per heavy atom. The molecule has 0 unspecified atom stereocenters. The molecule has 4 saturated carbocycles. The standard InChI is InChI=1S/C22H24N4O2/c27-22(28)16-1-2-19(20(8-16)25-11-15-9-23-12-24-10-15)26-21-17-4-13-3-14(6-17)7-18(21)5-13/h1-2,8-14,17-18,21,26H,3-7H2,(H,27,28). The van der Waals surface area contributed by atoms with Gasteiger partial charge in [-0.3, -0.25) is 4.99 Å². The zero-order chi connectivity index (χ0) is 19.1. The van der Waals surface area contributed by atoms with Crippen molar-refractivity contribution in [3.8, 4) is 0 Å². The van der Waals surface area contributed by atoms with Crippen LogP contribution in [0.25, 0.3) is 0 Å². The highest BCUT2D eigenvalue weighted by Gasteiger charge is 2.48. The van der Waals surface area contributed by atoms with E-state index in [0.717, 1.165) is 34.9 Å². The number of carbonyl (C=O) groups is 1. The lowest BCUT2D eigenvalue weighted by molar-refractivity contribution is 0.00755. The highest BCUT2D eigenvalue weighted by Crippen LogP contribution is 2.54. The average Bonchev–Trinajstić information content (AvgIpc) is 2.69. The van der Waals surface area contributed by atoms with Crippen molar-refractivity contribution in [2.24, 2.45) is 28.7 Å². The van der Waals surface area contributed by atoms with Crippen molar-refractivity contribution in [2.45, 2.75) is 38.1 Å². The van der Waals surface area contributed by atoms with Crippen molar-refractivity contribution in [3.63, 3.8) is 0 Å². The summed E-state index contributed by atoms with van der Waals surface area (Å²) in [6, 6.07) is 5.63. The van der Waals surface area contributed by atoms with Crippen molar-refractivity contribution in [3.05, 3.63) is 48.0 Å². The predicted molar refractivity (Wildman–Crippen MR) is 107 cm³/mol. The lowest BCUT2D eigenvalue weighted by Gasteiger charge is -2.54. The van der Waals surface area contributed by atoms with E-state index in [-0.39, 0.29) is 5.56 Å². The van der Waals surface area contributed by atoms with Gasteiger partial charge >= 0.3 is 5.97 Å². The quantitative estimate of drug-likeness (QED) is 0.765. The van der Waals surface area contributed by atoms with Gasteiger partial charge in [-0.25, -0.2) is 14.8 Å². The number of carboxylic acid groups (broad SMARTS) is 1. The third-order valence-electron chi connectivity index (χ3n) is 6.73. The van der Waals surface area contributed by atoms with Gasteiger partial charge in [-0.1, -0.05) is 0 Å². The Kier molecular flexibility index (Phi) is 4.34. The maximum absolute atomic E-state index is 11.4. The first kappa shape index (κ1) is 17.3. The number of nitrogens with one attached hydrogen (secondary N) is 1. The molecule has 1 aromatic carbocycles. The van der Waals surface area contributed by atoms with E-state index in [2.05, 4.69) is 20.3 Å². The topological polar surface area (TPSA) is 87.5 Å². The molecule has 1 heterocycles. The minimum Gasteiger partial charge on any atom is -0.478 e. The smallest absolute Gasteiger partial charge is 0.335 e. The van der Waals surface area contributed by atoms with Crippen LogP contribution in [0.3, 0.4) is 0 Å². The Hall–Kier alpha value is -2.76. The Bertz CT molecular complexity index is 884.